The molecule has 0 aliphatic carbocycles. The van der Waals surface area contributed by atoms with Crippen LogP contribution in [0.2, 0.25) is 0 Å². The molecule has 1 atom stereocenters. The third-order valence-electron chi connectivity index (χ3n) is 6.22. The molecule has 31 heavy (non-hydrogen) atoms. The SMILES string of the molecule is Cc1cccc(C(=O)C2CCCO2)c1-c1ccc2nc(N)c(N3CCOCC3)cc2c1. The van der Waals surface area contributed by atoms with Crippen molar-refractivity contribution < 1.29 is 14.3 Å². The van der Waals surface area contributed by atoms with E-state index in [0.29, 0.717) is 25.6 Å². The zero-order valence-electron chi connectivity index (χ0n) is 17.8. The van der Waals surface area contributed by atoms with Crippen LogP contribution in [0.5, 0.6) is 0 Å². The lowest BCUT2D eigenvalue weighted by Crippen LogP contribution is -2.36. The Morgan fingerprint density at radius 1 is 1.13 bits per heavy atom. The molecule has 0 bridgehead atoms. The number of rotatable bonds is 4. The normalized spacial score (nSPS) is 19.1. The van der Waals surface area contributed by atoms with Gasteiger partial charge < -0.3 is 20.1 Å². The van der Waals surface area contributed by atoms with Crippen molar-refractivity contribution in [1.82, 2.24) is 4.98 Å². The lowest BCUT2D eigenvalue weighted by atomic mass is 9.90. The summed E-state index contributed by atoms with van der Waals surface area (Å²) in [6.07, 6.45) is 1.39. The molecule has 2 aliphatic heterocycles. The lowest BCUT2D eigenvalue weighted by molar-refractivity contribution is 0.0643. The number of hydrogen-bond acceptors (Lipinski definition) is 6. The molecule has 2 saturated heterocycles. The van der Waals surface area contributed by atoms with E-state index >= 15 is 0 Å². The van der Waals surface area contributed by atoms with E-state index in [1.807, 2.05) is 37.3 Å². The van der Waals surface area contributed by atoms with Crippen LogP contribution in [0.25, 0.3) is 22.0 Å². The third-order valence-corrected chi connectivity index (χ3v) is 6.22. The van der Waals surface area contributed by atoms with Crippen LogP contribution >= 0.6 is 0 Å². The number of fused-ring (bicyclic) bond motifs is 1. The highest BCUT2D eigenvalue weighted by atomic mass is 16.5. The first-order valence-corrected chi connectivity index (χ1v) is 10.9. The largest absolute Gasteiger partial charge is 0.382 e. The number of aryl methyl sites for hydroxylation is 1. The summed E-state index contributed by atoms with van der Waals surface area (Å²) in [7, 11) is 0. The molecule has 3 heterocycles. The smallest absolute Gasteiger partial charge is 0.192 e. The molecule has 0 amide bonds. The molecule has 6 heteroatoms. The minimum Gasteiger partial charge on any atom is -0.382 e. The van der Waals surface area contributed by atoms with Gasteiger partial charge in [-0.2, -0.15) is 0 Å². The van der Waals surface area contributed by atoms with E-state index in [1.165, 1.54) is 0 Å². The summed E-state index contributed by atoms with van der Waals surface area (Å²) in [5.41, 5.74) is 11.8. The average Bonchev–Trinajstić information content (AvgIpc) is 3.33. The van der Waals surface area contributed by atoms with Crippen LogP contribution < -0.4 is 10.6 Å². The van der Waals surface area contributed by atoms with E-state index in [2.05, 4.69) is 22.0 Å². The Bertz CT molecular complexity index is 1130. The maximum absolute atomic E-state index is 13.2. The van der Waals surface area contributed by atoms with Gasteiger partial charge in [0.1, 0.15) is 11.9 Å². The number of anilines is 2. The number of nitrogens with zero attached hydrogens (tertiary/aromatic N) is 2. The summed E-state index contributed by atoms with van der Waals surface area (Å²) in [6, 6.07) is 14.1. The van der Waals surface area contributed by atoms with E-state index in [4.69, 9.17) is 15.2 Å². The summed E-state index contributed by atoms with van der Waals surface area (Å²) in [6.45, 7) is 5.69. The Morgan fingerprint density at radius 3 is 2.74 bits per heavy atom. The molecule has 0 saturated carbocycles. The fourth-order valence-electron chi connectivity index (χ4n) is 4.61. The first-order chi connectivity index (χ1) is 15.1. The second-order valence-electron chi connectivity index (χ2n) is 8.26. The summed E-state index contributed by atoms with van der Waals surface area (Å²) >= 11 is 0. The zero-order valence-corrected chi connectivity index (χ0v) is 17.8. The Balaban J connectivity index is 1.59. The molecule has 160 valence electrons. The standard InChI is InChI=1S/C25H27N3O3/c1-16-4-2-5-19(24(29)22-6-3-11-31-22)23(16)17-7-8-20-18(14-17)15-21(25(26)27-20)28-9-12-30-13-10-28/h2,4-5,7-8,14-15,22H,3,6,9-13H2,1H3,(H2,26,27). The topological polar surface area (TPSA) is 77.7 Å². The molecule has 0 spiro atoms. The van der Waals surface area contributed by atoms with Gasteiger partial charge >= 0.3 is 0 Å². The number of benzene rings is 2. The minimum absolute atomic E-state index is 0.0701. The van der Waals surface area contributed by atoms with Crippen LogP contribution in [-0.4, -0.2) is 49.8 Å². The summed E-state index contributed by atoms with van der Waals surface area (Å²) < 4.78 is 11.1. The predicted octanol–water partition coefficient (Wildman–Crippen LogP) is 3.99. The number of carbonyl (C=O) groups is 1. The number of ether oxygens (including phenoxy) is 2. The van der Waals surface area contributed by atoms with Gasteiger partial charge in [-0.15, -0.1) is 0 Å². The monoisotopic (exact) mass is 417 g/mol. The second kappa shape index (κ2) is 8.29. The Labute approximate surface area is 182 Å². The maximum atomic E-state index is 13.2. The van der Waals surface area contributed by atoms with Gasteiger partial charge in [0.2, 0.25) is 0 Å². The van der Waals surface area contributed by atoms with E-state index in [9.17, 15) is 4.79 Å². The molecule has 6 nitrogen and oxygen atoms in total. The van der Waals surface area contributed by atoms with Crippen LogP contribution in [-0.2, 0) is 9.47 Å². The molecule has 5 rings (SSSR count). The van der Waals surface area contributed by atoms with E-state index < -0.39 is 0 Å². The Kier molecular flexibility index (Phi) is 5.34. The first kappa shape index (κ1) is 20.0. The lowest BCUT2D eigenvalue weighted by Gasteiger charge is -2.29. The number of aromatic nitrogens is 1. The second-order valence-corrected chi connectivity index (χ2v) is 8.26. The van der Waals surface area contributed by atoms with Crippen LogP contribution in [0.1, 0.15) is 28.8 Å². The fraction of sp³-hybridized carbons (Fsp3) is 0.360. The van der Waals surface area contributed by atoms with Gasteiger partial charge in [-0.3, -0.25) is 4.79 Å². The molecule has 1 aromatic heterocycles. The number of pyridine rings is 1. The Hall–Kier alpha value is -2.96. The number of morpholine rings is 1. The van der Waals surface area contributed by atoms with Crippen molar-refractivity contribution in [2.45, 2.75) is 25.9 Å². The van der Waals surface area contributed by atoms with Crippen LogP contribution in [0.4, 0.5) is 11.5 Å². The summed E-state index contributed by atoms with van der Waals surface area (Å²) in [5, 5.41) is 1.01. The molecule has 2 fully saturated rings. The molecule has 2 N–H and O–H groups in total. The number of ketones is 1. The van der Waals surface area contributed by atoms with Gasteiger partial charge in [-0.1, -0.05) is 24.3 Å². The van der Waals surface area contributed by atoms with Gasteiger partial charge in [0, 0.05) is 30.6 Å². The van der Waals surface area contributed by atoms with Crippen molar-refractivity contribution in [2.75, 3.05) is 43.5 Å². The van der Waals surface area contributed by atoms with Crippen molar-refractivity contribution in [3.63, 3.8) is 0 Å². The molecule has 0 radical (unpaired) electrons. The summed E-state index contributed by atoms with van der Waals surface area (Å²) in [4.78, 5) is 20.0. The van der Waals surface area contributed by atoms with Crippen LogP contribution in [0, 0.1) is 6.92 Å². The highest BCUT2D eigenvalue weighted by molar-refractivity contribution is 6.06. The molecule has 1 unspecified atom stereocenters. The summed E-state index contributed by atoms with van der Waals surface area (Å²) in [5.74, 6) is 0.605. The van der Waals surface area contributed by atoms with Gasteiger partial charge in [0.25, 0.3) is 0 Å². The highest BCUT2D eigenvalue weighted by Crippen LogP contribution is 2.34. The van der Waals surface area contributed by atoms with Crippen molar-refractivity contribution in [1.29, 1.82) is 0 Å². The zero-order chi connectivity index (χ0) is 21.4. The van der Waals surface area contributed by atoms with E-state index in [-0.39, 0.29) is 11.9 Å². The number of carbonyl (C=O) groups excluding carboxylic acids is 1. The third kappa shape index (κ3) is 3.77. The molecular weight excluding hydrogens is 390 g/mol. The fourth-order valence-corrected chi connectivity index (χ4v) is 4.61. The minimum atomic E-state index is -0.338. The highest BCUT2D eigenvalue weighted by Gasteiger charge is 2.27. The number of hydrogen-bond donors (Lipinski definition) is 1. The number of nitrogen functional groups attached to an aromatic ring is 1. The van der Waals surface area contributed by atoms with Crippen LogP contribution in [0.3, 0.4) is 0 Å². The van der Waals surface area contributed by atoms with Gasteiger partial charge in [0.15, 0.2) is 5.78 Å². The molecule has 2 aliphatic rings. The number of Topliss-reactive ketones (excluding diaryl/α,β-unsaturated/α-hetero) is 1. The van der Waals surface area contributed by atoms with Crippen LogP contribution in [0.15, 0.2) is 42.5 Å². The van der Waals surface area contributed by atoms with E-state index in [0.717, 1.165) is 64.8 Å². The van der Waals surface area contributed by atoms with Gasteiger partial charge in [-0.05, 0) is 54.7 Å². The van der Waals surface area contributed by atoms with Crippen molar-refractivity contribution in [3.8, 4) is 11.1 Å². The maximum Gasteiger partial charge on any atom is 0.192 e. The predicted molar refractivity (Wildman–Crippen MR) is 123 cm³/mol. The molecular formula is C25H27N3O3. The van der Waals surface area contributed by atoms with Gasteiger partial charge in [0.05, 0.1) is 24.4 Å². The van der Waals surface area contributed by atoms with Crippen molar-refractivity contribution >= 4 is 28.2 Å². The number of nitrogens with two attached hydrogens (primary N) is 1. The van der Waals surface area contributed by atoms with E-state index in [1.54, 1.807) is 0 Å². The first-order valence-electron chi connectivity index (χ1n) is 10.9. The van der Waals surface area contributed by atoms with Crippen molar-refractivity contribution in [2.24, 2.45) is 0 Å². The quantitative estimate of drug-likeness (QED) is 0.647. The molecule has 3 aromatic rings. The Morgan fingerprint density at radius 2 is 1.97 bits per heavy atom. The van der Waals surface area contributed by atoms with Crippen molar-refractivity contribution in [3.05, 3.63) is 53.6 Å². The van der Waals surface area contributed by atoms with Gasteiger partial charge in [-0.25, -0.2) is 4.98 Å². The molecule has 2 aromatic carbocycles. The average molecular weight is 418 g/mol.